The molecule has 2 aliphatic rings. The number of hydrogen-bond acceptors (Lipinski definition) is 6. The highest BCUT2D eigenvalue weighted by molar-refractivity contribution is 7.91. The second kappa shape index (κ2) is 4.91. The van der Waals surface area contributed by atoms with Crippen molar-refractivity contribution >= 4 is 15.8 Å². The van der Waals surface area contributed by atoms with Crippen LogP contribution < -0.4 is 0 Å². The molecule has 0 radical (unpaired) electrons. The highest BCUT2D eigenvalue weighted by Crippen LogP contribution is 2.20. The molecule has 0 amide bonds. The second-order valence-electron chi connectivity index (χ2n) is 4.43. The van der Waals surface area contributed by atoms with Crippen LogP contribution in [0.1, 0.15) is 6.42 Å². The number of hydrogen-bond donors (Lipinski definition) is 0. The van der Waals surface area contributed by atoms with E-state index in [-0.39, 0.29) is 17.5 Å². The summed E-state index contributed by atoms with van der Waals surface area (Å²) in [4.78, 5) is 13.4. The van der Waals surface area contributed by atoms with Gasteiger partial charge in [0.1, 0.15) is 0 Å². The van der Waals surface area contributed by atoms with Crippen molar-refractivity contribution in [3.8, 4) is 0 Å². The predicted octanol–water partition coefficient (Wildman–Crippen LogP) is -0.953. The van der Waals surface area contributed by atoms with E-state index in [1.54, 1.807) is 0 Å². The maximum atomic E-state index is 11.4. The van der Waals surface area contributed by atoms with Gasteiger partial charge in [0, 0.05) is 19.1 Å². The van der Waals surface area contributed by atoms with Gasteiger partial charge in [-0.15, -0.1) is 0 Å². The molecule has 2 unspecified atom stereocenters. The lowest BCUT2D eigenvalue weighted by atomic mass is 10.2. The highest BCUT2D eigenvalue weighted by Gasteiger charge is 2.36. The van der Waals surface area contributed by atoms with Crippen LogP contribution >= 0.6 is 0 Å². The van der Waals surface area contributed by atoms with Crippen molar-refractivity contribution in [1.29, 1.82) is 0 Å². The number of carbonyl (C=O) groups excluding carboxylic acids is 1. The van der Waals surface area contributed by atoms with Gasteiger partial charge in [-0.1, -0.05) is 0 Å². The Labute approximate surface area is 101 Å². The lowest BCUT2D eigenvalue weighted by molar-refractivity contribution is -0.160. The Hall–Kier alpha value is -0.660. The second-order valence-corrected chi connectivity index (χ2v) is 6.66. The van der Waals surface area contributed by atoms with Crippen LogP contribution in [-0.2, 0) is 24.1 Å². The normalized spacial score (nSPS) is 33.5. The van der Waals surface area contributed by atoms with Gasteiger partial charge in [-0.25, -0.2) is 13.2 Å². The molecule has 0 bridgehead atoms. The molecular formula is C10H17NO5S. The van der Waals surface area contributed by atoms with Crippen LogP contribution in [0.3, 0.4) is 0 Å². The molecule has 0 spiro atoms. The van der Waals surface area contributed by atoms with E-state index in [2.05, 4.69) is 4.74 Å². The largest absolute Gasteiger partial charge is 0.467 e. The minimum Gasteiger partial charge on any atom is -0.467 e. The van der Waals surface area contributed by atoms with Crippen LogP contribution in [0.4, 0.5) is 0 Å². The van der Waals surface area contributed by atoms with E-state index < -0.39 is 21.9 Å². The summed E-state index contributed by atoms with van der Waals surface area (Å²) in [5.41, 5.74) is 0. The first-order valence-electron chi connectivity index (χ1n) is 5.66. The maximum Gasteiger partial charge on any atom is 0.336 e. The van der Waals surface area contributed by atoms with E-state index in [9.17, 15) is 13.2 Å². The predicted molar refractivity (Wildman–Crippen MR) is 60.4 cm³/mol. The lowest BCUT2D eigenvalue weighted by Gasteiger charge is -2.34. The quantitative estimate of drug-likeness (QED) is 0.598. The summed E-state index contributed by atoms with van der Waals surface area (Å²) in [7, 11) is -1.56. The molecule has 98 valence electrons. The zero-order chi connectivity index (χ0) is 12.5. The standard InChI is InChI=1S/C10H17NO5S/c1-15-10(12)9-6-11(3-4-16-9)8-2-5-17(13,14)7-8/h8-9H,2-7H2,1H3. The van der Waals surface area contributed by atoms with Crippen molar-refractivity contribution in [3.05, 3.63) is 0 Å². The third-order valence-corrected chi connectivity index (χ3v) is 5.04. The molecule has 0 saturated carbocycles. The van der Waals surface area contributed by atoms with Crippen LogP contribution in [0.15, 0.2) is 0 Å². The van der Waals surface area contributed by atoms with Crippen molar-refractivity contribution in [1.82, 2.24) is 4.90 Å². The number of rotatable bonds is 2. The Morgan fingerprint density at radius 2 is 2.24 bits per heavy atom. The summed E-state index contributed by atoms with van der Waals surface area (Å²) in [5.74, 6) is 0.0503. The number of nitrogens with zero attached hydrogens (tertiary/aromatic N) is 1. The van der Waals surface area contributed by atoms with E-state index in [1.807, 2.05) is 4.90 Å². The molecule has 17 heavy (non-hydrogen) atoms. The molecule has 6 nitrogen and oxygen atoms in total. The Morgan fingerprint density at radius 3 is 2.82 bits per heavy atom. The molecule has 0 aliphatic carbocycles. The molecule has 0 N–H and O–H groups in total. The van der Waals surface area contributed by atoms with Gasteiger partial charge in [0.2, 0.25) is 0 Å². The van der Waals surface area contributed by atoms with Gasteiger partial charge in [-0.3, -0.25) is 4.90 Å². The van der Waals surface area contributed by atoms with Gasteiger partial charge in [0.15, 0.2) is 15.9 Å². The SMILES string of the molecule is COC(=O)C1CN(C2CCS(=O)(=O)C2)CCO1. The average molecular weight is 263 g/mol. The van der Waals surface area contributed by atoms with Crippen molar-refractivity contribution < 1.29 is 22.7 Å². The summed E-state index contributed by atoms with van der Waals surface area (Å²) >= 11 is 0. The van der Waals surface area contributed by atoms with E-state index in [0.29, 0.717) is 26.1 Å². The summed E-state index contributed by atoms with van der Waals surface area (Å²) in [6.07, 6.45) is 0.0630. The van der Waals surface area contributed by atoms with Crippen LogP contribution in [0.5, 0.6) is 0 Å². The maximum absolute atomic E-state index is 11.4. The Kier molecular flexibility index (Phi) is 3.70. The van der Waals surface area contributed by atoms with Crippen molar-refractivity contribution in [2.24, 2.45) is 0 Å². The van der Waals surface area contributed by atoms with E-state index >= 15 is 0 Å². The fourth-order valence-electron chi connectivity index (χ4n) is 2.34. The summed E-state index contributed by atoms with van der Waals surface area (Å²) in [5, 5.41) is 0. The van der Waals surface area contributed by atoms with Gasteiger partial charge in [-0.05, 0) is 6.42 Å². The lowest BCUT2D eigenvalue weighted by Crippen LogP contribution is -2.50. The van der Waals surface area contributed by atoms with Crippen LogP contribution in [0.2, 0.25) is 0 Å². The zero-order valence-corrected chi connectivity index (χ0v) is 10.6. The first-order chi connectivity index (χ1) is 8.02. The molecule has 2 aliphatic heterocycles. The molecular weight excluding hydrogens is 246 g/mol. The molecule has 7 heteroatoms. The Morgan fingerprint density at radius 1 is 1.47 bits per heavy atom. The fraction of sp³-hybridized carbons (Fsp3) is 0.900. The molecule has 2 atom stereocenters. The topological polar surface area (TPSA) is 72.9 Å². The third-order valence-electron chi connectivity index (χ3n) is 3.29. The van der Waals surface area contributed by atoms with Crippen LogP contribution in [0.25, 0.3) is 0 Å². The van der Waals surface area contributed by atoms with E-state index in [1.165, 1.54) is 7.11 Å². The van der Waals surface area contributed by atoms with E-state index in [4.69, 9.17) is 4.74 Å². The number of sulfone groups is 1. The van der Waals surface area contributed by atoms with Crippen molar-refractivity contribution in [2.45, 2.75) is 18.6 Å². The van der Waals surface area contributed by atoms with Gasteiger partial charge < -0.3 is 9.47 Å². The average Bonchev–Trinajstić information content (AvgIpc) is 2.69. The molecule has 2 heterocycles. The monoisotopic (exact) mass is 263 g/mol. The minimum atomic E-state index is -2.89. The Bertz CT molecular complexity index is 394. The third kappa shape index (κ3) is 2.97. The first-order valence-corrected chi connectivity index (χ1v) is 7.48. The molecule has 0 aromatic heterocycles. The molecule has 0 aromatic carbocycles. The number of carbonyl (C=O) groups is 1. The molecule has 2 fully saturated rings. The molecule has 2 rings (SSSR count). The number of morpholine rings is 1. The van der Waals surface area contributed by atoms with E-state index in [0.717, 1.165) is 0 Å². The highest BCUT2D eigenvalue weighted by atomic mass is 32.2. The molecule has 2 saturated heterocycles. The minimum absolute atomic E-state index is 0.0241. The van der Waals surface area contributed by atoms with Crippen molar-refractivity contribution in [2.75, 3.05) is 38.3 Å². The summed E-state index contributed by atoms with van der Waals surface area (Å²) in [6, 6.07) is 0.0241. The summed E-state index contributed by atoms with van der Waals surface area (Å²) in [6.45, 7) is 1.54. The zero-order valence-electron chi connectivity index (χ0n) is 9.79. The molecule has 0 aromatic rings. The Balaban J connectivity index is 1.96. The summed E-state index contributed by atoms with van der Waals surface area (Å²) < 4.78 is 32.8. The number of methoxy groups -OCH3 is 1. The van der Waals surface area contributed by atoms with Crippen LogP contribution in [-0.4, -0.2) is 69.7 Å². The number of ether oxygens (including phenoxy) is 2. The smallest absolute Gasteiger partial charge is 0.336 e. The van der Waals surface area contributed by atoms with Gasteiger partial charge in [0.25, 0.3) is 0 Å². The van der Waals surface area contributed by atoms with Gasteiger partial charge in [-0.2, -0.15) is 0 Å². The van der Waals surface area contributed by atoms with Crippen LogP contribution in [0, 0.1) is 0 Å². The van der Waals surface area contributed by atoms with Crippen molar-refractivity contribution in [3.63, 3.8) is 0 Å². The first kappa shape index (κ1) is 12.8. The van der Waals surface area contributed by atoms with Gasteiger partial charge in [0.05, 0.1) is 25.2 Å². The fourth-order valence-corrected chi connectivity index (χ4v) is 4.10. The number of esters is 1. The van der Waals surface area contributed by atoms with Gasteiger partial charge >= 0.3 is 5.97 Å².